The molecule has 0 bridgehead atoms. The van der Waals surface area contributed by atoms with Crippen molar-refractivity contribution in [2.24, 2.45) is 0 Å². The molecular weight excluding hydrogens is 184 g/mol. The van der Waals surface area contributed by atoms with Crippen LogP contribution in [0.5, 0.6) is 0 Å². The lowest BCUT2D eigenvalue weighted by molar-refractivity contribution is 0.336. The Hall–Kier alpha value is -1.76. The molecule has 0 aromatic rings. The highest BCUT2D eigenvalue weighted by atomic mass is 16.5. The van der Waals surface area contributed by atoms with Crippen molar-refractivity contribution in [2.45, 2.75) is 13.8 Å². The second-order valence-electron chi connectivity index (χ2n) is 2.71. The van der Waals surface area contributed by atoms with Gasteiger partial charge in [0.1, 0.15) is 11.5 Å². The molecule has 0 radical (unpaired) electrons. The number of allylic oxidation sites excluding steroid dienone is 8. The van der Waals surface area contributed by atoms with Crippen LogP contribution in [0.1, 0.15) is 13.8 Å². The van der Waals surface area contributed by atoms with Gasteiger partial charge in [-0.15, -0.1) is 0 Å². The van der Waals surface area contributed by atoms with Gasteiger partial charge in [0.05, 0.1) is 0 Å². The van der Waals surface area contributed by atoms with Gasteiger partial charge in [0.2, 0.25) is 0 Å². The van der Waals surface area contributed by atoms with Gasteiger partial charge in [0.15, 0.2) is 0 Å². The van der Waals surface area contributed by atoms with Gasteiger partial charge in [-0.25, -0.2) is 0 Å². The number of hydrogen-bond donors (Lipinski definition) is 0. The Bertz CT molecular complexity index is 314. The molecule has 0 N–H and O–H groups in total. The molecule has 0 aromatic heterocycles. The summed E-state index contributed by atoms with van der Waals surface area (Å²) in [7, 11) is 0. The standard InChI is InChI=1S/C14H18O/c1-5-9-12-13(8-4)15-14(10-6-2)11-7-3/h5-12H,2,4H2,1,3H3/b9-5-,11-7-,13-12+,14-10+. The van der Waals surface area contributed by atoms with E-state index in [1.165, 1.54) is 0 Å². The van der Waals surface area contributed by atoms with Crippen molar-refractivity contribution in [3.63, 3.8) is 0 Å². The minimum atomic E-state index is 0.708. The molecule has 0 heterocycles. The van der Waals surface area contributed by atoms with Gasteiger partial charge in [0, 0.05) is 0 Å². The summed E-state index contributed by atoms with van der Waals surface area (Å²) >= 11 is 0. The largest absolute Gasteiger partial charge is 0.457 e. The van der Waals surface area contributed by atoms with Gasteiger partial charge in [-0.1, -0.05) is 37.5 Å². The van der Waals surface area contributed by atoms with Gasteiger partial charge in [-0.3, -0.25) is 0 Å². The second kappa shape index (κ2) is 8.82. The van der Waals surface area contributed by atoms with E-state index < -0.39 is 0 Å². The molecule has 1 nitrogen and oxygen atoms in total. The summed E-state index contributed by atoms with van der Waals surface area (Å²) in [5.74, 6) is 1.45. The van der Waals surface area contributed by atoms with E-state index in [4.69, 9.17) is 4.74 Å². The molecule has 0 atom stereocenters. The highest BCUT2D eigenvalue weighted by Gasteiger charge is 1.94. The van der Waals surface area contributed by atoms with Gasteiger partial charge in [-0.05, 0) is 38.2 Å². The van der Waals surface area contributed by atoms with E-state index in [9.17, 15) is 0 Å². The van der Waals surface area contributed by atoms with E-state index in [2.05, 4.69) is 13.2 Å². The topological polar surface area (TPSA) is 9.23 Å². The third kappa shape index (κ3) is 6.33. The quantitative estimate of drug-likeness (QED) is 0.461. The van der Waals surface area contributed by atoms with Crippen LogP contribution >= 0.6 is 0 Å². The first-order valence-electron chi connectivity index (χ1n) is 4.87. The monoisotopic (exact) mass is 202 g/mol. The van der Waals surface area contributed by atoms with E-state index in [-0.39, 0.29) is 0 Å². The summed E-state index contributed by atoms with van der Waals surface area (Å²) in [6, 6.07) is 0. The van der Waals surface area contributed by atoms with E-state index in [1.54, 1.807) is 18.2 Å². The fourth-order valence-electron chi connectivity index (χ4n) is 0.875. The molecular formula is C14H18O. The van der Waals surface area contributed by atoms with Crippen LogP contribution in [-0.2, 0) is 4.74 Å². The predicted molar refractivity (Wildman–Crippen MR) is 67.3 cm³/mol. The van der Waals surface area contributed by atoms with E-state index >= 15 is 0 Å². The molecule has 0 saturated carbocycles. The van der Waals surface area contributed by atoms with Crippen LogP contribution in [0.15, 0.2) is 73.3 Å². The fourth-order valence-corrected chi connectivity index (χ4v) is 0.875. The Morgan fingerprint density at radius 2 is 1.73 bits per heavy atom. The van der Waals surface area contributed by atoms with Gasteiger partial charge >= 0.3 is 0 Å². The zero-order valence-corrected chi connectivity index (χ0v) is 9.44. The molecule has 15 heavy (non-hydrogen) atoms. The Morgan fingerprint density at radius 1 is 1.00 bits per heavy atom. The molecule has 0 aliphatic heterocycles. The minimum absolute atomic E-state index is 0.708. The Morgan fingerprint density at radius 3 is 2.20 bits per heavy atom. The van der Waals surface area contributed by atoms with Crippen molar-refractivity contribution in [1.29, 1.82) is 0 Å². The third-order valence-electron chi connectivity index (χ3n) is 1.50. The lowest BCUT2D eigenvalue weighted by Crippen LogP contribution is -1.87. The molecule has 0 saturated heterocycles. The maximum absolute atomic E-state index is 5.58. The van der Waals surface area contributed by atoms with Gasteiger partial charge < -0.3 is 4.74 Å². The van der Waals surface area contributed by atoms with Crippen LogP contribution in [0.3, 0.4) is 0 Å². The third-order valence-corrected chi connectivity index (χ3v) is 1.50. The smallest absolute Gasteiger partial charge is 0.127 e. The zero-order chi connectivity index (χ0) is 11.5. The normalized spacial score (nSPS) is 13.5. The maximum Gasteiger partial charge on any atom is 0.127 e. The fraction of sp³-hybridized carbons (Fsp3) is 0.143. The summed E-state index contributed by atoms with van der Waals surface area (Å²) in [6.07, 6.45) is 14.6. The van der Waals surface area contributed by atoms with Crippen LogP contribution in [0.2, 0.25) is 0 Å². The highest BCUT2D eigenvalue weighted by molar-refractivity contribution is 5.23. The summed E-state index contributed by atoms with van der Waals surface area (Å²) in [6.45, 7) is 11.2. The number of rotatable bonds is 6. The van der Waals surface area contributed by atoms with Crippen molar-refractivity contribution in [2.75, 3.05) is 0 Å². The van der Waals surface area contributed by atoms with E-state index in [0.717, 1.165) is 5.76 Å². The number of hydrogen-bond acceptors (Lipinski definition) is 1. The highest BCUT2D eigenvalue weighted by Crippen LogP contribution is 2.09. The van der Waals surface area contributed by atoms with Gasteiger partial charge in [0.25, 0.3) is 0 Å². The summed E-state index contributed by atoms with van der Waals surface area (Å²) < 4.78 is 5.58. The zero-order valence-electron chi connectivity index (χ0n) is 9.44. The molecule has 0 unspecified atom stereocenters. The lowest BCUT2D eigenvalue weighted by atomic mass is 10.3. The van der Waals surface area contributed by atoms with Crippen molar-refractivity contribution < 1.29 is 4.74 Å². The molecule has 0 aliphatic rings. The Labute approximate surface area is 92.5 Å². The first-order chi connectivity index (χ1) is 7.28. The van der Waals surface area contributed by atoms with Crippen molar-refractivity contribution in [3.8, 4) is 0 Å². The van der Waals surface area contributed by atoms with Crippen LogP contribution in [-0.4, -0.2) is 0 Å². The van der Waals surface area contributed by atoms with Crippen LogP contribution < -0.4 is 0 Å². The first kappa shape index (κ1) is 13.2. The summed E-state index contributed by atoms with van der Waals surface area (Å²) in [5.41, 5.74) is 0. The Kier molecular flexibility index (Phi) is 7.79. The van der Waals surface area contributed by atoms with Crippen LogP contribution in [0, 0.1) is 0 Å². The van der Waals surface area contributed by atoms with Crippen molar-refractivity contribution in [1.82, 2.24) is 0 Å². The molecule has 0 aliphatic carbocycles. The average Bonchev–Trinajstić information content (AvgIpc) is 2.24. The summed E-state index contributed by atoms with van der Waals surface area (Å²) in [5, 5.41) is 0. The minimum Gasteiger partial charge on any atom is -0.457 e. The molecule has 1 heteroatoms. The molecule has 0 fully saturated rings. The van der Waals surface area contributed by atoms with Crippen LogP contribution in [0.4, 0.5) is 0 Å². The maximum atomic E-state index is 5.58. The SMILES string of the molecule is C=C/C=C(\C=C/C)O/C(C=C)=C/C=C\C. The van der Waals surface area contributed by atoms with Crippen LogP contribution in [0.25, 0.3) is 0 Å². The Balaban J connectivity index is 4.70. The molecule has 0 aromatic carbocycles. The molecule has 0 spiro atoms. The first-order valence-corrected chi connectivity index (χ1v) is 4.87. The van der Waals surface area contributed by atoms with E-state index in [1.807, 2.05) is 44.2 Å². The molecule has 0 amide bonds. The molecule has 80 valence electrons. The van der Waals surface area contributed by atoms with E-state index in [0.29, 0.717) is 5.76 Å². The predicted octanol–water partition coefficient (Wildman–Crippen LogP) is 4.30. The average molecular weight is 202 g/mol. The summed E-state index contributed by atoms with van der Waals surface area (Å²) in [4.78, 5) is 0. The number of ether oxygens (including phenoxy) is 1. The van der Waals surface area contributed by atoms with Crippen molar-refractivity contribution >= 4 is 0 Å². The second-order valence-corrected chi connectivity index (χ2v) is 2.71. The molecule has 0 rings (SSSR count). The lowest BCUT2D eigenvalue weighted by Gasteiger charge is -2.05. The van der Waals surface area contributed by atoms with Gasteiger partial charge in [-0.2, -0.15) is 0 Å². The van der Waals surface area contributed by atoms with Crippen molar-refractivity contribution in [3.05, 3.63) is 73.3 Å².